The summed E-state index contributed by atoms with van der Waals surface area (Å²) in [5.41, 5.74) is 6.52. The lowest BCUT2D eigenvalue weighted by atomic mass is 10.1. The molecule has 0 spiro atoms. The first kappa shape index (κ1) is 14.2. The Labute approximate surface area is 115 Å². The Morgan fingerprint density at radius 1 is 1.10 bits per heavy atom. The first-order valence-corrected chi connectivity index (χ1v) is 6.23. The van der Waals surface area contributed by atoms with Crippen molar-refractivity contribution in [3.8, 4) is 0 Å². The lowest BCUT2D eigenvalue weighted by Gasteiger charge is -2.12. The maximum atomic E-state index is 13.4. The van der Waals surface area contributed by atoms with Gasteiger partial charge in [0.25, 0.3) is 6.43 Å². The van der Waals surface area contributed by atoms with Gasteiger partial charge in [-0.05, 0) is 36.2 Å². The molecule has 0 saturated carbocycles. The van der Waals surface area contributed by atoms with E-state index in [1.165, 1.54) is 18.2 Å². The summed E-state index contributed by atoms with van der Waals surface area (Å²) in [6.07, 6.45) is -2.19. The number of rotatable bonds is 5. The zero-order valence-corrected chi connectivity index (χ0v) is 10.7. The van der Waals surface area contributed by atoms with Gasteiger partial charge in [-0.1, -0.05) is 18.2 Å². The van der Waals surface area contributed by atoms with Crippen molar-refractivity contribution in [2.24, 2.45) is 0 Å². The Morgan fingerprint density at radius 2 is 1.85 bits per heavy atom. The molecule has 0 atom stereocenters. The van der Waals surface area contributed by atoms with Gasteiger partial charge in [0.05, 0.1) is 0 Å². The summed E-state index contributed by atoms with van der Waals surface area (Å²) < 4.78 is 39.1. The lowest BCUT2D eigenvalue weighted by Crippen LogP contribution is -2.08. The smallest absolute Gasteiger partial charge is 0.265 e. The van der Waals surface area contributed by atoms with Crippen molar-refractivity contribution in [2.45, 2.75) is 12.8 Å². The van der Waals surface area contributed by atoms with Crippen molar-refractivity contribution in [3.05, 3.63) is 59.4 Å². The Bertz CT molecular complexity index is 585. The third-order valence-corrected chi connectivity index (χ3v) is 2.98. The minimum absolute atomic E-state index is 0.140. The number of alkyl halides is 2. The highest BCUT2D eigenvalue weighted by atomic mass is 19.3. The van der Waals surface area contributed by atoms with Crippen LogP contribution in [0.4, 0.5) is 24.5 Å². The van der Waals surface area contributed by atoms with Crippen LogP contribution in [0.2, 0.25) is 0 Å². The number of hydrogen-bond acceptors (Lipinski definition) is 2. The number of nitrogens with one attached hydrogen (secondary N) is 1. The van der Waals surface area contributed by atoms with Crippen LogP contribution in [0.1, 0.15) is 17.6 Å². The molecule has 0 unspecified atom stereocenters. The van der Waals surface area contributed by atoms with Crippen LogP contribution in [0.15, 0.2) is 42.5 Å². The van der Waals surface area contributed by atoms with Gasteiger partial charge in [-0.3, -0.25) is 0 Å². The normalized spacial score (nSPS) is 10.8. The Hall–Kier alpha value is -2.17. The molecule has 0 heterocycles. The molecule has 106 valence electrons. The summed E-state index contributed by atoms with van der Waals surface area (Å²) in [4.78, 5) is 0. The van der Waals surface area contributed by atoms with Crippen LogP contribution >= 0.6 is 0 Å². The van der Waals surface area contributed by atoms with Gasteiger partial charge in [0.2, 0.25) is 0 Å². The minimum atomic E-state index is -2.60. The average Bonchev–Trinajstić information content (AvgIpc) is 2.42. The predicted octanol–water partition coefficient (Wildman–Crippen LogP) is 4.00. The van der Waals surface area contributed by atoms with Crippen LogP contribution in [0.25, 0.3) is 0 Å². The van der Waals surface area contributed by atoms with Gasteiger partial charge in [0.1, 0.15) is 5.82 Å². The first-order chi connectivity index (χ1) is 9.58. The van der Waals surface area contributed by atoms with Gasteiger partial charge in [-0.25, -0.2) is 13.2 Å². The van der Waals surface area contributed by atoms with Crippen LogP contribution in [-0.2, 0) is 6.42 Å². The second-order valence-corrected chi connectivity index (χ2v) is 4.42. The van der Waals surface area contributed by atoms with E-state index in [9.17, 15) is 13.2 Å². The van der Waals surface area contributed by atoms with E-state index in [4.69, 9.17) is 5.73 Å². The van der Waals surface area contributed by atoms with Crippen molar-refractivity contribution in [1.29, 1.82) is 0 Å². The monoisotopic (exact) mass is 280 g/mol. The number of anilines is 2. The molecule has 5 heteroatoms. The molecule has 3 N–H and O–H groups in total. The van der Waals surface area contributed by atoms with Gasteiger partial charge in [-0.15, -0.1) is 0 Å². The van der Waals surface area contributed by atoms with E-state index in [0.29, 0.717) is 29.9 Å². The number of hydrogen-bond donors (Lipinski definition) is 2. The maximum Gasteiger partial charge on any atom is 0.265 e. The molecule has 2 aromatic carbocycles. The van der Waals surface area contributed by atoms with Crippen LogP contribution in [0, 0.1) is 5.82 Å². The molecule has 0 aliphatic rings. The van der Waals surface area contributed by atoms with E-state index in [1.54, 1.807) is 24.3 Å². The first-order valence-electron chi connectivity index (χ1n) is 6.23. The molecule has 0 radical (unpaired) electrons. The number of nitrogen functional groups attached to an aromatic ring is 1. The van der Waals surface area contributed by atoms with E-state index in [1.807, 2.05) is 0 Å². The fraction of sp³-hybridized carbons (Fsp3) is 0.200. The van der Waals surface area contributed by atoms with Gasteiger partial charge >= 0.3 is 0 Å². The standard InChI is InChI=1S/C15H15F3N2/c16-13-4-2-1-3-10(13)7-8-20-14-6-5-11(19)9-12(14)15(17)18/h1-6,9,15,20H,7-8,19H2. The molecule has 20 heavy (non-hydrogen) atoms. The average molecular weight is 280 g/mol. The molecule has 0 aliphatic heterocycles. The summed E-state index contributed by atoms with van der Waals surface area (Å²) in [6, 6.07) is 10.7. The minimum Gasteiger partial charge on any atom is -0.399 e. The summed E-state index contributed by atoms with van der Waals surface area (Å²) in [7, 11) is 0. The second kappa shape index (κ2) is 6.32. The van der Waals surface area contributed by atoms with Crippen molar-refractivity contribution in [3.63, 3.8) is 0 Å². The van der Waals surface area contributed by atoms with Crippen molar-refractivity contribution < 1.29 is 13.2 Å². The molecule has 2 aromatic rings. The summed E-state index contributed by atoms with van der Waals surface area (Å²) in [6.45, 7) is 0.366. The van der Waals surface area contributed by atoms with Crippen LogP contribution in [-0.4, -0.2) is 6.54 Å². The van der Waals surface area contributed by atoms with E-state index in [0.717, 1.165) is 0 Å². The Balaban J connectivity index is 2.03. The van der Waals surface area contributed by atoms with Crippen LogP contribution < -0.4 is 11.1 Å². The largest absolute Gasteiger partial charge is 0.399 e. The fourth-order valence-electron chi connectivity index (χ4n) is 1.96. The van der Waals surface area contributed by atoms with Crippen molar-refractivity contribution in [1.82, 2.24) is 0 Å². The third-order valence-electron chi connectivity index (χ3n) is 2.98. The molecular weight excluding hydrogens is 265 g/mol. The molecule has 2 nitrogen and oxygen atoms in total. The highest BCUT2D eigenvalue weighted by molar-refractivity contribution is 5.58. The second-order valence-electron chi connectivity index (χ2n) is 4.42. The van der Waals surface area contributed by atoms with Gasteiger partial charge in [0.15, 0.2) is 0 Å². The summed E-state index contributed by atoms with van der Waals surface area (Å²) in [5, 5.41) is 2.90. The molecule has 0 aromatic heterocycles. The van der Waals surface area contributed by atoms with Gasteiger partial charge in [-0.2, -0.15) is 0 Å². The van der Waals surface area contributed by atoms with Crippen molar-refractivity contribution in [2.75, 3.05) is 17.6 Å². The van der Waals surface area contributed by atoms with Crippen LogP contribution in [0.5, 0.6) is 0 Å². The molecule has 0 saturated heterocycles. The third kappa shape index (κ3) is 3.44. The zero-order chi connectivity index (χ0) is 14.5. The highest BCUT2D eigenvalue weighted by Gasteiger charge is 2.13. The highest BCUT2D eigenvalue weighted by Crippen LogP contribution is 2.28. The quantitative estimate of drug-likeness (QED) is 0.812. The molecule has 0 amide bonds. The molecule has 0 fully saturated rings. The SMILES string of the molecule is Nc1ccc(NCCc2ccccc2F)c(C(F)F)c1. The zero-order valence-electron chi connectivity index (χ0n) is 10.7. The Morgan fingerprint density at radius 3 is 2.55 bits per heavy atom. The van der Waals surface area contributed by atoms with E-state index in [-0.39, 0.29) is 11.4 Å². The van der Waals surface area contributed by atoms with E-state index < -0.39 is 6.43 Å². The number of halogens is 3. The lowest BCUT2D eigenvalue weighted by molar-refractivity contribution is 0.152. The van der Waals surface area contributed by atoms with E-state index in [2.05, 4.69) is 5.32 Å². The predicted molar refractivity (Wildman–Crippen MR) is 74.4 cm³/mol. The number of nitrogens with two attached hydrogens (primary N) is 1. The maximum absolute atomic E-state index is 13.4. The Kier molecular flexibility index (Phi) is 4.50. The molecule has 0 aliphatic carbocycles. The summed E-state index contributed by atoms with van der Waals surface area (Å²) >= 11 is 0. The van der Waals surface area contributed by atoms with Crippen LogP contribution in [0.3, 0.4) is 0 Å². The molecule has 2 rings (SSSR count). The van der Waals surface area contributed by atoms with Gasteiger partial charge in [0, 0.05) is 23.5 Å². The van der Waals surface area contributed by atoms with E-state index >= 15 is 0 Å². The topological polar surface area (TPSA) is 38.0 Å². The molecular formula is C15H15F3N2. The fourth-order valence-corrected chi connectivity index (χ4v) is 1.96. The summed E-state index contributed by atoms with van der Waals surface area (Å²) in [5.74, 6) is -0.291. The van der Waals surface area contributed by atoms with Gasteiger partial charge < -0.3 is 11.1 Å². The van der Waals surface area contributed by atoms with Crippen molar-refractivity contribution >= 4 is 11.4 Å². The molecule has 0 bridgehead atoms. The number of benzene rings is 2.